The fraction of sp³-hybridized carbons (Fsp3) is 0.286. The Hall–Kier alpha value is -3.36. The molecule has 0 bridgehead atoms. The first-order chi connectivity index (χ1) is 14.0. The minimum Gasteiger partial charge on any atom is -0.337 e. The molecule has 1 aliphatic heterocycles. The number of urea groups is 1. The first-order valence-electron chi connectivity index (χ1n) is 9.15. The van der Waals surface area contributed by atoms with E-state index in [2.05, 4.69) is 5.32 Å². The lowest BCUT2D eigenvalue weighted by Gasteiger charge is -2.27. The number of halogens is 3. The van der Waals surface area contributed by atoms with Gasteiger partial charge in [-0.1, -0.05) is 12.1 Å². The fourth-order valence-corrected chi connectivity index (χ4v) is 3.33. The molecule has 1 fully saturated rings. The number of benzene rings is 2. The van der Waals surface area contributed by atoms with E-state index in [0.717, 1.165) is 18.2 Å². The van der Waals surface area contributed by atoms with Crippen molar-refractivity contribution >= 4 is 17.8 Å². The number of likely N-dealkylation sites (N-methyl/N-ethyl adjacent to an activating group) is 1. The summed E-state index contributed by atoms with van der Waals surface area (Å²) in [5, 5.41) is 2.34. The summed E-state index contributed by atoms with van der Waals surface area (Å²) < 4.78 is 40.9. The molecule has 6 nitrogen and oxygen atoms in total. The normalized spacial score (nSPS) is 19.6. The molecule has 0 spiro atoms. The summed E-state index contributed by atoms with van der Waals surface area (Å²) in [4.78, 5) is 39.9. The highest BCUT2D eigenvalue weighted by Gasteiger charge is 2.51. The van der Waals surface area contributed by atoms with Crippen LogP contribution in [0.25, 0.3) is 0 Å². The van der Waals surface area contributed by atoms with Gasteiger partial charge in [0.2, 0.25) is 5.91 Å². The van der Waals surface area contributed by atoms with Gasteiger partial charge >= 0.3 is 6.03 Å². The summed E-state index contributed by atoms with van der Waals surface area (Å²) in [7, 11) is 1.49. The fourth-order valence-electron chi connectivity index (χ4n) is 3.33. The van der Waals surface area contributed by atoms with Crippen LogP contribution in [0.1, 0.15) is 31.0 Å². The smallest absolute Gasteiger partial charge is 0.325 e. The van der Waals surface area contributed by atoms with Gasteiger partial charge in [0.1, 0.15) is 29.5 Å². The van der Waals surface area contributed by atoms with Gasteiger partial charge in [0.15, 0.2) is 0 Å². The molecule has 0 saturated carbocycles. The molecule has 1 N–H and O–H groups in total. The molecule has 0 aromatic heterocycles. The Morgan fingerprint density at radius 1 is 1.10 bits per heavy atom. The third-order valence-corrected chi connectivity index (χ3v) is 5.36. The van der Waals surface area contributed by atoms with Crippen molar-refractivity contribution in [2.45, 2.75) is 25.4 Å². The lowest BCUT2D eigenvalue weighted by Crippen LogP contribution is -2.44. The summed E-state index contributed by atoms with van der Waals surface area (Å²) in [6.45, 7) is 2.38. The summed E-state index contributed by atoms with van der Waals surface area (Å²) in [5.41, 5.74) is -1.51. The van der Waals surface area contributed by atoms with E-state index in [-0.39, 0.29) is 5.56 Å². The van der Waals surface area contributed by atoms with E-state index >= 15 is 0 Å². The minimum absolute atomic E-state index is 0.330. The van der Waals surface area contributed by atoms with Crippen LogP contribution in [0.2, 0.25) is 0 Å². The molecular weight excluding hydrogens is 399 g/mol. The summed E-state index contributed by atoms with van der Waals surface area (Å²) in [6, 6.07) is 6.84. The monoisotopic (exact) mass is 419 g/mol. The Morgan fingerprint density at radius 2 is 1.70 bits per heavy atom. The molecule has 0 aliphatic carbocycles. The molecule has 1 saturated heterocycles. The number of amides is 4. The number of hydrogen-bond acceptors (Lipinski definition) is 3. The third kappa shape index (κ3) is 3.74. The highest BCUT2D eigenvalue weighted by Crippen LogP contribution is 2.31. The van der Waals surface area contributed by atoms with E-state index < -0.39 is 53.4 Å². The zero-order valence-electron chi connectivity index (χ0n) is 16.6. The molecule has 0 radical (unpaired) electrons. The summed E-state index contributed by atoms with van der Waals surface area (Å²) >= 11 is 0. The lowest BCUT2D eigenvalue weighted by molar-refractivity contribution is -0.139. The number of carbonyl (C=O) groups is 3. The Labute approximate surface area is 171 Å². The van der Waals surface area contributed by atoms with Gasteiger partial charge in [-0.25, -0.2) is 18.0 Å². The van der Waals surface area contributed by atoms with Crippen molar-refractivity contribution in [3.8, 4) is 0 Å². The first-order valence-corrected chi connectivity index (χ1v) is 9.15. The molecule has 9 heteroatoms. The second kappa shape index (κ2) is 7.81. The Balaban J connectivity index is 1.78. The van der Waals surface area contributed by atoms with Gasteiger partial charge in [0.05, 0.1) is 6.04 Å². The zero-order valence-corrected chi connectivity index (χ0v) is 16.6. The highest BCUT2D eigenvalue weighted by molar-refractivity contribution is 6.09. The molecule has 158 valence electrons. The molecule has 3 rings (SSSR count). The highest BCUT2D eigenvalue weighted by atomic mass is 19.1. The van der Waals surface area contributed by atoms with E-state index in [1.54, 1.807) is 6.92 Å². The van der Waals surface area contributed by atoms with Crippen molar-refractivity contribution in [3.63, 3.8) is 0 Å². The van der Waals surface area contributed by atoms with Crippen LogP contribution in [0.4, 0.5) is 18.0 Å². The quantitative estimate of drug-likeness (QED) is 0.758. The van der Waals surface area contributed by atoms with Gasteiger partial charge < -0.3 is 10.2 Å². The van der Waals surface area contributed by atoms with E-state index in [9.17, 15) is 27.6 Å². The Bertz CT molecular complexity index is 1010. The van der Waals surface area contributed by atoms with Crippen LogP contribution >= 0.6 is 0 Å². The van der Waals surface area contributed by atoms with Crippen molar-refractivity contribution in [3.05, 3.63) is 71.0 Å². The molecule has 1 heterocycles. The van der Waals surface area contributed by atoms with Crippen LogP contribution in [0.15, 0.2) is 42.5 Å². The van der Waals surface area contributed by atoms with Crippen molar-refractivity contribution in [2.75, 3.05) is 13.6 Å². The van der Waals surface area contributed by atoms with Gasteiger partial charge in [-0.05, 0) is 49.7 Å². The van der Waals surface area contributed by atoms with Crippen LogP contribution in [0.3, 0.4) is 0 Å². The average Bonchev–Trinajstić information content (AvgIpc) is 2.93. The number of nitrogens with zero attached hydrogens (tertiary/aromatic N) is 2. The molecule has 1 aliphatic rings. The Morgan fingerprint density at radius 3 is 2.33 bits per heavy atom. The van der Waals surface area contributed by atoms with E-state index in [1.165, 1.54) is 43.1 Å². The number of rotatable bonds is 5. The maximum Gasteiger partial charge on any atom is 0.325 e. The second-order valence-corrected chi connectivity index (χ2v) is 7.30. The van der Waals surface area contributed by atoms with Crippen molar-refractivity contribution < 1.29 is 27.6 Å². The molecule has 4 amide bonds. The lowest BCUT2D eigenvalue weighted by atomic mass is 9.91. The van der Waals surface area contributed by atoms with Crippen molar-refractivity contribution in [1.29, 1.82) is 0 Å². The SMILES string of the molecule is CC(c1ccc(F)cc1)N(C)C(=O)CN1C(=O)NC(C)(c2cc(F)ccc2F)C1=O. The van der Waals surface area contributed by atoms with Crippen LogP contribution in [-0.4, -0.2) is 41.2 Å². The number of nitrogens with one attached hydrogen (secondary N) is 1. The van der Waals surface area contributed by atoms with Crippen molar-refractivity contribution in [2.24, 2.45) is 0 Å². The van der Waals surface area contributed by atoms with Crippen LogP contribution in [0, 0.1) is 17.5 Å². The molecule has 2 aromatic rings. The molecule has 2 unspecified atom stereocenters. The Kier molecular flexibility index (Phi) is 5.56. The van der Waals surface area contributed by atoms with Gasteiger partial charge in [0, 0.05) is 12.6 Å². The second-order valence-electron chi connectivity index (χ2n) is 7.30. The maximum atomic E-state index is 14.2. The largest absolute Gasteiger partial charge is 0.337 e. The molecule has 2 aromatic carbocycles. The van der Waals surface area contributed by atoms with Gasteiger partial charge in [-0.15, -0.1) is 0 Å². The predicted octanol–water partition coefficient (Wildman–Crippen LogP) is 3.09. The summed E-state index contributed by atoms with van der Waals surface area (Å²) in [5.74, 6) is -3.46. The minimum atomic E-state index is -1.84. The predicted molar refractivity (Wildman–Crippen MR) is 102 cm³/mol. The number of imide groups is 1. The van der Waals surface area contributed by atoms with Crippen LogP contribution in [0.5, 0.6) is 0 Å². The van der Waals surface area contributed by atoms with Gasteiger partial charge in [-0.2, -0.15) is 0 Å². The van der Waals surface area contributed by atoms with E-state index in [1.807, 2.05) is 0 Å². The van der Waals surface area contributed by atoms with Gasteiger partial charge in [-0.3, -0.25) is 14.5 Å². The standard InChI is InChI=1S/C21H20F3N3O3/c1-12(13-4-6-14(22)7-5-13)26(3)18(28)11-27-19(29)21(2,25-20(27)30)16-10-15(23)8-9-17(16)24/h4-10,12H,11H2,1-3H3,(H,25,30). The average molecular weight is 419 g/mol. The topological polar surface area (TPSA) is 69.7 Å². The van der Waals surface area contributed by atoms with Gasteiger partial charge in [0.25, 0.3) is 5.91 Å². The van der Waals surface area contributed by atoms with Crippen LogP contribution < -0.4 is 5.32 Å². The van der Waals surface area contributed by atoms with E-state index in [4.69, 9.17) is 0 Å². The number of hydrogen-bond donors (Lipinski definition) is 1. The van der Waals surface area contributed by atoms with Crippen molar-refractivity contribution in [1.82, 2.24) is 15.1 Å². The molecule has 30 heavy (non-hydrogen) atoms. The third-order valence-electron chi connectivity index (χ3n) is 5.36. The van der Waals surface area contributed by atoms with Crippen LogP contribution in [-0.2, 0) is 15.1 Å². The number of carbonyl (C=O) groups excluding carboxylic acids is 3. The zero-order chi connectivity index (χ0) is 22.2. The summed E-state index contributed by atoms with van der Waals surface area (Å²) in [6.07, 6.45) is 0. The molecular formula is C21H20F3N3O3. The van der Waals surface area contributed by atoms with E-state index in [0.29, 0.717) is 10.5 Å². The maximum absolute atomic E-state index is 14.2. The molecule has 2 atom stereocenters. The first kappa shape index (κ1) is 21.4.